The first-order valence-electron chi connectivity index (χ1n) is 6.58. The molecule has 0 saturated heterocycles. The lowest BCUT2D eigenvalue weighted by atomic mass is 10.0. The van der Waals surface area contributed by atoms with Crippen molar-refractivity contribution >= 4 is 27.5 Å². The number of rotatable bonds is 5. The topological polar surface area (TPSA) is 29.5 Å². The third-order valence-corrected chi connectivity index (χ3v) is 3.92. The lowest BCUT2D eigenvalue weighted by Gasteiger charge is -2.14. The van der Waals surface area contributed by atoms with Crippen LogP contribution in [0.5, 0.6) is 5.75 Å². The monoisotopic (exact) mass is 372 g/mol. The standard InChI is InChI=1S/C16H15BrClFO2/c1-2-7-21-15-6-4-10(8-12(15)17)16(20)11-3-5-13(18)14(19)9-11/h3-6,8-9,16,20H,2,7H2,1H3. The summed E-state index contributed by atoms with van der Waals surface area (Å²) in [4.78, 5) is 0. The number of halogens is 3. The summed E-state index contributed by atoms with van der Waals surface area (Å²) >= 11 is 9.06. The van der Waals surface area contributed by atoms with Gasteiger partial charge in [0, 0.05) is 0 Å². The van der Waals surface area contributed by atoms with Crippen LogP contribution in [0.4, 0.5) is 4.39 Å². The molecule has 0 aliphatic carbocycles. The van der Waals surface area contributed by atoms with Gasteiger partial charge in [0.25, 0.3) is 0 Å². The van der Waals surface area contributed by atoms with E-state index in [2.05, 4.69) is 15.9 Å². The van der Waals surface area contributed by atoms with Crippen LogP contribution in [0.25, 0.3) is 0 Å². The molecule has 0 radical (unpaired) electrons. The van der Waals surface area contributed by atoms with Crippen LogP contribution in [-0.2, 0) is 0 Å². The maximum absolute atomic E-state index is 13.5. The zero-order valence-corrected chi connectivity index (χ0v) is 13.8. The van der Waals surface area contributed by atoms with E-state index in [1.54, 1.807) is 24.3 Å². The molecule has 0 heterocycles. The van der Waals surface area contributed by atoms with Crippen LogP contribution in [0.1, 0.15) is 30.6 Å². The number of benzene rings is 2. The predicted molar refractivity (Wildman–Crippen MR) is 85.4 cm³/mol. The van der Waals surface area contributed by atoms with E-state index in [-0.39, 0.29) is 5.02 Å². The minimum absolute atomic E-state index is 0.0374. The van der Waals surface area contributed by atoms with Crippen LogP contribution in [0.3, 0.4) is 0 Å². The van der Waals surface area contributed by atoms with E-state index in [4.69, 9.17) is 16.3 Å². The molecule has 0 aliphatic rings. The maximum atomic E-state index is 13.5. The van der Waals surface area contributed by atoms with Crippen molar-refractivity contribution in [1.29, 1.82) is 0 Å². The van der Waals surface area contributed by atoms with Crippen LogP contribution in [0.2, 0.25) is 5.02 Å². The van der Waals surface area contributed by atoms with Gasteiger partial charge in [-0.25, -0.2) is 4.39 Å². The number of hydrogen-bond donors (Lipinski definition) is 1. The van der Waals surface area contributed by atoms with Crippen molar-refractivity contribution in [3.8, 4) is 5.75 Å². The van der Waals surface area contributed by atoms with Crippen LogP contribution in [0.15, 0.2) is 40.9 Å². The third-order valence-electron chi connectivity index (χ3n) is 2.99. The SMILES string of the molecule is CCCOc1ccc(C(O)c2ccc(Cl)c(F)c2)cc1Br. The van der Waals surface area contributed by atoms with Crippen molar-refractivity contribution in [3.63, 3.8) is 0 Å². The summed E-state index contributed by atoms with van der Waals surface area (Å²) in [7, 11) is 0. The number of ether oxygens (including phenoxy) is 1. The van der Waals surface area contributed by atoms with Crippen molar-refractivity contribution in [2.45, 2.75) is 19.4 Å². The largest absolute Gasteiger partial charge is 0.492 e. The lowest BCUT2D eigenvalue weighted by molar-refractivity contribution is 0.219. The highest BCUT2D eigenvalue weighted by atomic mass is 79.9. The van der Waals surface area contributed by atoms with E-state index < -0.39 is 11.9 Å². The average molecular weight is 374 g/mol. The Balaban J connectivity index is 2.24. The number of aliphatic hydroxyl groups excluding tert-OH is 1. The fraction of sp³-hybridized carbons (Fsp3) is 0.250. The van der Waals surface area contributed by atoms with Gasteiger partial charge in [-0.2, -0.15) is 0 Å². The summed E-state index contributed by atoms with van der Waals surface area (Å²) in [5.41, 5.74) is 1.10. The highest BCUT2D eigenvalue weighted by Crippen LogP contribution is 2.31. The second-order valence-electron chi connectivity index (χ2n) is 4.61. The Labute approximate surface area is 136 Å². The summed E-state index contributed by atoms with van der Waals surface area (Å²) in [6.07, 6.45) is -0.00535. The zero-order valence-electron chi connectivity index (χ0n) is 11.4. The maximum Gasteiger partial charge on any atom is 0.142 e. The highest BCUT2D eigenvalue weighted by Gasteiger charge is 2.14. The van der Waals surface area contributed by atoms with Gasteiger partial charge in [0.1, 0.15) is 17.7 Å². The Kier molecular flexibility index (Phi) is 5.62. The van der Waals surface area contributed by atoms with E-state index in [1.165, 1.54) is 12.1 Å². The molecular weight excluding hydrogens is 359 g/mol. The molecule has 112 valence electrons. The molecule has 21 heavy (non-hydrogen) atoms. The lowest BCUT2D eigenvalue weighted by Crippen LogP contribution is -2.02. The van der Waals surface area contributed by atoms with Gasteiger partial charge < -0.3 is 9.84 Å². The first-order chi connectivity index (χ1) is 10.0. The molecule has 2 aromatic rings. The number of hydrogen-bond acceptors (Lipinski definition) is 2. The second-order valence-corrected chi connectivity index (χ2v) is 5.88. The molecular formula is C16H15BrClFO2. The van der Waals surface area contributed by atoms with Crippen LogP contribution >= 0.6 is 27.5 Å². The number of aliphatic hydroxyl groups is 1. The normalized spacial score (nSPS) is 12.2. The van der Waals surface area contributed by atoms with Crippen molar-refractivity contribution in [2.24, 2.45) is 0 Å². The van der Waals surface area contributed by atoms with Gasteiger partial charge in [-0.1, -0.05) is 30.7 Å². The van der Waals surface area contributed by atoms with Gasteiger partial charge in [0.15, 0.2) is 0 Å². The minimum atomic E-state index is -0.923. The van der Waals surface area contributed by atoms with Gasteiger partial charge >= 0.3 is 0 Å². The minimum Gasteiger partial charge on any atom is -0.492 e. The van der Waals surface area contributed by atoms with E-state index in [0.29, 0.717) is 17.7 Å². The molecule has 2 nitrogen and oxygen atoms in total. The molecule has 0 aromatic heterocycles. The molecule has 0 fully saturated rings. The van der Waals surface area contributed by atoms with E-state index in [0.717, 1.165) is 16.6 Å². The van der Waals surface area contributed by atoms with Crippen molar-refractivity contribution in [3.05, 3.63) is 62.8 Å². The zero-order chi connectivity index (χ0) is 15.4. The Bertz CT molecular complexity index is 634. The van der Waals surface area contributed by atoms with Gasteiger partial charge in [-0.05, 0) is 57.7 Å². The van der Waals surface area contributed by atoms with Crippen molar-refractivity contribution < 1.29 is 14.2 Å². The summed E-state index contributed by atoms with van der Waals surface area (Å²) in [5, 5.41) is 10.4. The molecule has 0 bridgehead atoms. The molecule has 1 unspecified atom stereocenters. The average Bonchev–Trinajstić information content (AvgIpc) is 2.48. The first kappa shape index (κ1) is 16.3. The van der Waals surface area contributed by atoms with Crippen molar-refractivity contribution in [2.75, 3.05) is 6.61 Å². The van der Waals surface area contributed by atoms with Gasteiger partial charge in [-0.3, -0.25) is 0 Å². The van der Waals surface area contributed by atoms with Gasteiger partial charge in [0.2, 0.25) is 0 Å². The Morgan fingerprint density at radius 1 is 1.24 bits per heavy atom. The molecule has 1 N–H and O–H groups in total. The fourth-order valence-corrected chi connectivity index (χ4v) is 2.52. The molecule has 0 spiro atoms. The summed E-state index contributed by atoms with van der Waals surface area (Å²) < 4.78 is 19.8. The molecule has 2 aromatic carbocycles. The molecule has 0 aliphatic heterocycles. The molecule has 1 atom stereocenters. The van der Waals surface area contributed by atoms with E-state index in [1.807, 2.05) is 6.92 Å². The summed E-state index contributed by atoms with van der Waals surface area (Å²) in [6.45, 7) is 2.66. The van der Waals surface area contributed by atoms with Gasteiger partial charge in [0.05, 0.1) is 16.1 Å². The van der Waals surface area contributed by atoms with E-state index >= 15 is 0 Å². The summed E-state index contributed by atoms with van der Waals surface area (Å²) in [5.74, 6) is 0.172. The molecule has 2 rings (SSSR count). The highest BCUT2D eigenvalue weighted by molar-refractivity contribution is 9.10. The van der Waals surface area contributed by atoms with Crippen LogP contribution in [-0.4, -0.2) is 11.7 Å². The van der Waals surface area contributed by atoms with Crippen molar-refractivity contribution in [1.82, 2.24) is 0 Å². The first-order valence-corrected chi connectivity index (χ1v) is 7.75. The molecule has 5 heteroatoms. The van der Waals surface area contributed by atoms with Crippen LogP contribution in [0, 0.1) is 5.82 Å². The smallest absolute Gasteiger partial charge is 0.142 e. The Hall–Kier alpha value is -1.10. The molecule has 0 saturated carbocycles. The Morgan fingerprint density at radius 2 is 1.90 bits per heavy atom. The second kappa shape index (κ2) is 7.25. The van der Waals surface area contributed by atoms with Crippen LogP contribution < -0.4 is 4.74 Å². The Morgan fingerprint density at radius 3 is 2.52 bits per heavy atom. The fourth-order valence-electron chi connectivity index (χ4n) is 1.89. The summed E-state index contributed by atoms with van der Waals surface area (Å²) in [6, 6.07) is 9.58. The van der Waals surface area contributed by atoms with Gasteiger partial charge in [-0.15, -0.1) is 0 Å². The van der Waals surface area contributed by atoms with E-state index in [9.17, 15) is 9.50 Å². The third kappa shape index (κ3) is 3.96. The predicted octanol–water partition coefficient (Wildman–Crippen LogP) is 5.11. The quantitative estimate of drug-likeness (QED) is 0.789. The molecule has 0 amide bonds.